The smallest absolute Gasteiger partial charge is 0.313 e. The predicted molar refractivity (Wildman–Crippen MR) is 103 cm³/mol. The van der Waals surface area contributed by atoms with E-state index in [1.165, 1.54) is 22.3 Å². The Balaban J connectivity index is 1.55. The monoisotopic (exact) mass is 341 g/mol. The van der Waals surface area contributed by atoms with Crippen LogP contribution < -0.4 is 0 Å². The van der Waals surface area contributed by atoms with E-state index in [-0.39, 0.29) is 0 Å². The molecule has 0 amide bonds. The number of carbonyl (C=O) groups is 1. The standard InChI is InChI=1S/C23H19NO2/c1-15-7-3-5-9-20(15)23(25)26-24-16(2)17-11-12-22-19(13-17)14-18-8-4-6-10-21(18)22/h3-13H,14H2,1-2H3/b24-16-. The SMILES string of the molecule is C/C(=N/OC(=O)c1ccccc1C)c1ccc2c(c1)Cc1ccccc1-2. The number of hydrogen-bond acceptors (Lipinski definition) is 3. The van der Waals surface area contributed by atoms with Crippen molar-refractivity contribution in [2.75, 3.05) is 0 Å². The molecule has 4 rings (SSSR count). The molecular weight excluding hydrogens is 322 g/mol. The van der Waals surface area contributed by atoms with Crippen molar-refractivity contribution in [2.45, 2.75) is 20.3 Å². The third kappa shape index (κ3) is 2.92. The predicted octanol–water partition coefficient (Wildman–Crippen LogP) is 5.15. The van der Waals surface area contributed by atoms with Gasteiger partial charge in [0.05, 0.1) is 11.3 Å². The molecule has 26 heavy (non-hydrogen) atoms. The van der Waals surface area contributed by atoms with Gasteiger partial charge in [0.15, 0.2) is 0 Å². The Hall–Kier alpha value is -3.20. The van der Waals surface area contributed by atoms with Gasteiger partial charge >= 0.3 is 5.97 Å². The fourth-order valence-electron chi connectivity index (χ4n) is 3.38. The van der Waals surface area contributed by atoms with Crippen LogP contribution in [0.2, 0.25) is 0 Å². The lowest BCUT2D eigenvalue weighted by Gasteiger charge is -2.06. The van der Waals surface area contributed by atoms with Gasteiger partial charge in [0.1, 0.15) is 0 Å². The number of rotatable bonds is 3. The van der Waals surface area contributed by atoms with E-state index >= 15 is 0 Å². The van der Waals surface area contributed by atoms with E-state index in [1.807, 2.05) is 38.1 Å². The number of fused-ring (bicyclic) bond motifs is 3. The van der Waals surface area contributed by atoms with Crippen molar-refractivity contribution in [3.8, 4) is 11.1 Å². The minimum Gasteiger partial charge on any atom is -0.313 e. The number of nitrogens with zero attached hydrogens (tertiary/aromatic N) is 1. The zero-order valence-corrected chi connectivity index (χ0v) is 14.8. The second kappa shape index (κ2) is 6.60. The second-order valence-corrected chi connectivity index (χ2v) is 6.58. The molecule has 0 unspecified atom stereocenters. The van der Waals surface area contributed by atoms with Gasteiger partial charge in [-0.25, -0.2) is 4.79 Å². The molecule has 128 valence electrons. The summed E-state index contributed by atoms with van der Waals surface area (Å²) < 4.78 is 0. The molecule has 0 spiro atoms. The number of oxime groups is 1. The topological polar surface area (TPSA) is 38.7 Å². The summed E-state index contributed by atoms with van der Waals surface area (Å²) in [6.45, 7) is 3.74. The van der Waals surface area contributed by atoms with E-state index in [0.29, 0.717) is 11.3 Å². The molecule has 0 radical (unpaired) electrons. The lowest BCUT2D eigenvalue weighted by molar-refractivity contribution is 0.0515. The zero-order chi connectivity index (χ0) is 18.1. The Morgan fingerprint density at radius 1 is 0.923 bits per heavy atom. The average Bonchev–Trinajstić information content (AvgIpc) is 3.04. The van der Waals surface area contributed by atoms with Gasteiger partial charge in [0.25, 0.3) is 0 Å². The van der Waals surface area contributed by atoms with Gasteiger partial charge in [-0.3, -0.25) is 0 Å². The zero-order valence-electron chi connectivity index (χ0n) is 14.8. The van der Waals surface area contributed by atoms with Crippen LogP contribution in [0.3, 0.4) is 0 Å². The lowest BCUT2D eigenvalue weighted by atomic mass is 10.0. The van der Waals surface area contributed by atoms with Crippen molar-refractivity contribution in [3.05, 3.63) is 94.5 Å². The molecule has 0 bridgehead atoms. The average molecular weight is 341 g/mol. The van der Waals surface area contributed by atoms with E-state index in [2.05, 4.69) is 41.6 Å². The molecule has 1 aliphatic rings. The molecular formula is C23H19NO2. The van der Waals surface area contributed by atoms with E-state index in [4.69, 9.17) is 4.84 Å². The molecule has 1 aliphatic carbocycles. The van der Waals surface area contributed by atoms with E-state index in [9.17, 15) is 4.79 Å². The highest BCUT2D eigenvalue weighted by Crippen LogP contribution is 2.36. The molecule has 0 N–H and O–H groups in total. The normalized spacial score (nSPS) is 12.5. The maximum Gasteiger partial charge on any atom is 0.365 e. The van der Waals surface area contributed by atoms with Crippen LogP contribution in [-0.4, -0.2) is 11.7 Å². The molecule has 3 nitrogen and oxygen atoms in total. The first-order valence-electron chi connectivity index (χ1n) is 8.66. The van der Waals surface area contributed by atoms with E-state index in [0.717, 1.165) is 17.5 Å². The summed E-state index contributed by atoms with van der Waals surface area (Å²) in [6.07, 6.45) is 0.926. The van der Waals surface area contributed by atoms with Crippen molar-refractivity contribution in [1.29, 1.82) is 0 Å². The van der Waals surface area contributed by atoms with Crippen LogP contribution in [0.4, 0.5) is 0 Å². The van der Waals surface area contributed by atoms with E-state index < -0.39 is 5.97 Å². The molecule has 0 fully saturated rings. The molecule has 3 aromatic carbocycles. The van der Waals surface area contributed by atoms with Crippen molar-refractivity contribution < 1.29 is 9.63 Å². The molecule has 3 aromatic rings. The summed E-state index contributed by atoms with van der Waals surface area (Å²) in [5.74, 6) is -0.434. The summed E-state index contributed by atoms with van der Waals surface area (Å²) >= 11 is 0. The Bertz CT molecular complexity index is 1030. The Morgan fingerprint density at radius 3 is 2.50 bits per heavy atom. The molecule has 0 heterocycles. The first-order chi connectivity index (χ1) is 12.6. The number of hydrogen-bond donors (Lipinski definition) is 0. The number of carbonyl (C=O) groups excluding carboxylic acids is 1. The van der Waals surface area contributed by atoms with Crippen molar-refractivity contribution in [1.82, 2.24) is 0 Å². The highest BCUT2D eigenvalue weighted by atomic mass is 16.7. The van der Waals surface area contributed by atoms with Crippen molar-refractivity contribution in [3.63, 3.8) is 0 Å². The molecule has 0 aliphatic heterocycles. The fraction of sp³-hybridized carbons (Fsp3) is 0.130. The molecule has 3 heteroatoms. The van der Waals surface area contributed by atoms with Crippen LogP contribution in [0.25, 0.3) is 11.1 Å². The molecule has 0 atom stereocenters. The molecule has 0 saturated heterocycles. The fourth-order valence-corrected chi connectivity index (χ4v) is 3.38. The van der Waals surface area contributed by atoms with Crippen LogP contribution in [0.1, 0.15) is 39.5 Å². The van der Waals surface area contributed by atoms with Gasteiger partial charge in [-0.2, -0.15) is 0 Å². The Morgan fingerprint density at radius 2 is 1.65 bits per heavy atom. The third-order valence-corrected chi connectivity index (χ3v) is 4.84. The minimum absolute atomic E-state index is 0.434. The van der Waals surface area contributed by atoms with Gasteiger partial charge in [-0.05, 0) is 65.8 Å². The first-order valence-corrected chi connectivity index (χ1v) is 8.66. The number of benzene rings is 3. The Kier molecular flexibility index (Phi) is 4.13. The summed E-state index contributed by atoms with van der Waals surface area (Å²) in [7, 11) is 0. The molecule has 0 saturated carbocycles. The first kappa shape index (κ1) is 16.3. The van der Waals surface area contributed by atoms with Gasteiger partial charge in [-0.1, -0.05) is 59.8 Å². The van der Waals surface area contributed by atoms with Crippen molar-refractivity contribution >= 4 is 11.7 Å². The van der Waals surface area contributed by atoms with Crippen LogP contribution in [-0.2, 0) is 11.3 Å². The van der Waals surface area contributed by atoms with Crippen LogP contribution >= 0.6 is 0 Å². The van der Waals surface area contributed by atoms with Crippen molar-refractivity contribution in [2.24, 2.45) is 5.16 Å². The van der Waals surface area contributed by atoms with Gasteiger partial charge in [0, 0.05) is 0 Å². The van der Waals surface area contributed by atoms with Gasteiger partial charge in [-0.15, -0.1) is 0 Å². The van der Waals surface area contributed by atoms with Crippen LogP contribution in [0.15, 0.2) is 71.9 Å². The van der Waals surface area contributed by atoms with Crippen LogP contribution in [0, 0.1) is 6.92 Å². The minimum atomic E-state index is -0.434. The van der Waals surface area contributed by atoms with Gasteiger partial charge in [0.2, 0.25) is 0 Å². The Labute approximate surface area is 152 Å². The van der Waals surface area contributed by atoms with Gasteiger partial charge < -0.3 is 4.84 Å². The summed E-state index contributed by atoms with van der Waals surface area (Å²) in [6, 6.07) is 22.1. The lowest BCUT2D eigenvalue weighted by Crippen LogP contribution is -2.05. The van der Waals surface area contributed by atoms with E-state index in [1.54, 1.807) is 6.07 Å². The summed E-state index contributed by atoms with van der Waals surface area (Å²) in [5.41, 5.74) is 8.27. The largest absolute Gasteiger partial charge is 0.365 e. The maximum atomic E-state index is 12.2. The maximum absolute atomic E-state index is 12.2. The highest BCUT2D eigenvalue weighted by Gasteiger charge is 2.18. The summed E-state index contributed by atoms with van der Waals surface area (Å²) in [5, 5.41) is 4.05. The highest BCUT2D eigenvalue weighted by molar-refractivity contribution is 6.00. The third-order valence-electron chi connectivity index (χ3n) is 4.84. The van der Waals surface area contributed by atoms with Crippen LogP contribution in [0.5, 0.6) is 0 Å². The molecule has 0 aromatic heterocycles. The summed E-state index contributed by atoms with van der Waals surface area (Å²) in [4.78, 5) is 17.4. The quantitative estimate of drug-likeness (QED) is 0.294. The number of aryl methyl sites for hydroxylation is 1. The second-order valence-electron chi connectivity index (χ2n) is 6.58.